The summed E-state index contributed by atoms with van der Waals surface area (Å²) >= 11 is 0. The highest BCUT2D eigenvalue weighted by Gasteiger charge is 2.10. The first kappa shape index (κ1) is 25.5. The molecule has 0 atom stereocenters. The van der Waals surface area contributed by atoms with Crippen LogP contribution in [0.1, 0.15) is 70.2 Å². The van der Waals surface area contributed by atoms with Crippen LogP contribution in [0.25, 0.3) is 11.0 Å². The van der Waals surface area contributed by atoms with Gasteiger partial charge in [0.2, 0.25) is 5.91 Å². The SMILES string of the molecule is C/C=C/C(=O)NCCCCCc1nc2ccccc2n1CCCCOc1ccc(C(C)C)cc1. The summed E-state index contributed by atoms with van der Waals surface area (Å²) in [6, 6.07) is 16.8. The molecule has 0 spiro atoms. The number of ether oxygens (including phenoxy) is 1. The van der Waals surface area contributed by atoms with Gasteiger partial charge in [-0.3, -0.25) is 4.79 Å². The van der Waals surface area contributed by atoms with Crippen molar-refractivity contribution in [3.63, 3.8) is 0 Å². The number of benzene rings is 2. The van der Waals surface area contributed by atoms with Crippen LogP contribution in [-0.4, -0.2) is 28.6 Å². The molecule has 5 nitrogen and oxygen atoms in total. The molecular weight excluding hydrogens is 422 g/mol. The van der Waals surface area contributed by atoms with Crippen LogP contribution >= 0.6 is 0 Å². The molecule has 1 N–H and O–H groups in total. The molecule has 0 saturated heterocycles. The molecule has 5 heteroatoms. The van der Waals surface area contributed by atoms with Gasteiger partial charge in [0.05, 0.1) is 17.6 Å². The molecule has 0 aliphatic heterocycles. The van der Waals surface area contributed by atoms with Gasteiger partial charge in [-0.1, -0.05) is 50.6 Å². The van der Waals surface area contributed by atoms with Gasteiger partial charge in [0.25, 0.3) is 0 Å². The fourth-order valence-corrected chi connectivity index (χ4v) is 4.08. The average Bonchev–Trinajstić information content (AvgIpc) is 3.19. The largest absolute Gasteiger partial charge is 0.494 e. The van der Waals surface area contributed by atoms with E-state index in [1.165, 1.54) is 11.1 Å². The van der Waals surface area contributed by atoms with Crippen molar-refractivity contribution in [2.75, 3.05) is 13.2 Å². The van der Waals surface area contributed by atoms with Gasteiger partial charge in [0.1, 0.15) is 11.6 Å². The third kappa shape index (κ3) is 7.75. The molecule has 0 unspecified atom stereocenters. The Bertz CT molecular complexity index is 1050. The summed E-state index contributed by atoms with van der Waals surface area (Å²) in [6.45, 7) is 8.66. The number of carbonyl (C=O) groups is 1. The number of para-hydroxylation sites is 2. The number of aromatic nitrogens is 2. The topological polar surface area (TPSA) is 56.2 Å². The van der Waals surface area contributed by atoms with Crippen LogP contribution in [0, 0.1) is 0 Å². The molecule has 3 aromatic rings. The summed E-state index contributed by atoms with van der Waals surface area (Å²) in [5, 5.41) is 2.92. The smallest absolute Gasteiger partial charge is 0.243 e. The summed E-state index contributed by atoms with van der Waals surface area (Å²) in [6.07, 6.45) is 9.46. The molecule has 2 aromatic carbocycles. The molecule has 0 radical (unpaired) electrons. The molecule has 3 rings (SSSR count). The van der Waals surface area contributed by atoms with Crippen LogP contribution in [0.4, 0.5) is 0 Å². The van der Waals surface area contributed by atoms with Crippen LogP contribution in [0.15, 0.2) is 60.7 Å². The third-order valence-corrected chi connectivity index (χ3v) is 6.02. The number of hydrogen-bond donors (Lipinski definition) is 1. The highest BCUT2D eigenvalue weighted by molar-refractivity contribution is 5.87. The first-order valence-corrected chi connectivity index (χ1v) is 12.7. The maximum atomic E-state index is 11.5. The molecule has 34 heavy (non-hydrogen) atoms. The fourth-order valence-electron chi connectivity index (χ4n) is 4.08. The van der Waals surface area contributed by atoms with Gasteiger partial charge in [0, 0.05) is 19.5 Å². The van der Waals surface area contributed by atoms with Crippen molar-refractivity contribution in [1.29, 1.82) is 0 Å². The maximum absolute atomic E-state index is 11.5. The van der Waals surface area contributed by atoms with E-state index in [1.807, 2.05) is 6.92 Å². The predicted octanol–water partition coefficient (Wildman–Crippen LogP) is 6.42. The van der Waals surface area contributed by atoms with E-state index < -0.39 is 0 Å². The Morgan fingerprint density at radius 1 is 1.03 bits per heavy atom. The van der Waals surface area contributed by atoms with Gasteiger partial charge in [-0.2, -0.15) is 0 Å². The van der Waals surface area contributed by atoms with Crippen LogP contribution in [-0.2, 0) is 17.8 Å². The molecule has 0 bridgehead atoms. The van der Waals surface area contributed by atoms with Crippen molar-refractivity contribution >= 4 is 16.9 Å². The Labute approximate surface area is 204 Å². The number of fused-ring (bicyclic) bond motifs is 1. The molecule has 0 fully saturated rings. The molecule has 0 saturated carbocycles. The molecular formula is C29H39N3O2. The van der Waals surface area contributed by atoms with Crippen molar-refractivity contribution in [2.24, 2.45) is 0 Å². The first-order valence-electron chi connectivity index (χ1n) is 12.7. The van der Waals surface area contributed by atoms with Gasteiger partial charge in [-0.15, -0.1) is 0 Å². The van der Waals surface area contributed by atoms with Crippen molar-refractivity contribution < 1.29 is 9.53 Å². The molecule has 182 valence electrons. The van der Waals surface area contributed by atoms with Gasteiger partial charge < -0.3 is 14.6 Å². The number of rotatable bonds is 14. The zero-order valence-electron chi connectivity index (χ0n) is 20.9. The van der Waals surface area contributed by atoms with E-state index in [1.54, 1.807) is 12.2 Å². The fraction of sp³-hybridized carbons (Fsp3) is 0.448. The molecule has 1 aromatic heterocycles. The summed E-state index contributed by atoms with van der Waals surface area (Å²) in [5.74, 6) is 2.63. The second-order valence-electron chi connectivity index (χ2n) is 9.05. The lowest BCUT2D eigenvalue weighted by atomic mass is 10.0. The molecule has 0 aliphatic carbocycles. The number of nitrogens with one attached hydrogen (secondary N) is 1. The van der Waals surface area contributed by atoms with E-state index in [0.29, 0.717) is 5.92 Å². The Hall–Kier alpha value is -3.08. The second-order valence-corrected chi connectivity index (χ2v) is 9.05. The standard InChI is InChI=1S/C29H39N3O2/c1-4-12-29(33)30-20-9-5-6-15-28-31-26-13-7-8-14-27(26)32(28)21-10-11-22-34-25-18-16-24(17-19-25)23(2)3/h4,7-8,12-14,16-19,23H,5-6,9-11,15,20-22H2,1-3H3,(H,30,33)/b12-4+. The van der Waals surface area contributed by atoms with Gasteiger partial charge in [-0.25, -0.2) is 4.98 Å². The van der Waals surface area contributed by atoms with Gasteiger partial charge >= 0.3 is 0 Å². The number of nitrogens with zero attached hydrogens (tertiary/aromatic N) is 2. The maximum Gasteiger partial charge on any atom is 0.243 e. The van der Waals surface area contributed by atoms with Crippen molar-refractivity contribution in [3.05, 3.63) is 72.1 Å². The number of carbonyl (C=O) groups excluding carboxylic acids is 1. The summed E-state index contributed by atoms with van der Waals surface area (Å²) in [7, 11) is 0. The van der Waals surface area contributed by atoms with Crippen molar-refractivity contribution in [3.8, 4) is 5.75 Å². The van der Waals surface area contributed by atoms with E-state index in [4.69, 9.17) is 9.72 Å². The van der Waals surface area contributed by atoms with Gasteiger partial charge in [-0.05, 0) is 74.4 Å². The third-order valence-electron chi connectivity index (χ3n) is 6.02. The van der Waals surface area contributed by atoms with Crippen molar-refractivity contribution in [2.45, 2.75) is 71.8 Å². The van der Waals surface area contributed by atoms with Crippen LogP contribution < -0.4 is 10.1 Å². The molecule has 0 aliphatic rings. The lowest BCUT2D eigenvalue weighted by Gasteiger charge is -2.11. The number of aryl methyl sites for hydroxylation is 2. The lowest BCUT2D eigenvalue weighted by molar-refractivity contribution is -0.116. The van der Waals surface area contributed by atoms with E-state index in [0.717, 1.165) is 75.3 Å². The van der Waals surface area contributed by atoms with Crippen LogP contribution in [0.3, 0.4) is 0 Å². The zero-order valence-corrected chi connectivity index (χ0v) is 20.9. The second kappa shape index (κ2) is 13.6. The number of amides is 1. The Morgan fingerprint density at radius 3 is 2.59 bits per heavy atom. The quantitative estimate of drug-likeness (QED) is 0.222. The summed E-state index contributed by atoms with van der Waals surface area (Å²) in [5.41, 5.74) is 3.61. The minimum absolute atomic E-state index is 0.0131. The van der Waals surface area contributed by atoms with E-state index in [-0.39, 0.29) is 5.91 Å². The Morgan fingerprint density at radius 2 is 1.82 bits per heavy atom. The normalized spacial score (nSPS) is 11.5. The minimum atomic E-state index is -0.0131. The number of unbranched alkanes of at least 4 members (excludes halogenated alkanes) is 3. The number of allylic oxidation sites excluding steroid dienone is 1. The number of hydrogen-bond acceptors (Lipinski definition) is 3. The lowest BCUT2D eigenvalue weighted by Crippen LogP contribution is -2.21. The van der Waals surface area contributed by atoms with E-state index in [2.05, 4.69) is 72.3 Å². The first-order chi connectivity index (χ1) is 16.6. The Kier molecular flexibility index (Phi) is 10.2. The molecule has 1 heterocycles. The van der Waals surface area contributed by atoms with E-state index in [9.17, 15) is 4.79 Å². The monoisotopic (exact) mass is 461 g/mol. The van der Waals surface area contributed by atoms with Crippen LogP contribution in [0.2, 0.25) is 0 Å². The van der Waals surface area contributed by atoms with Crippen LogP contribution in [0.5, 0.6) is 5.75 Å². The summed E-state index contributed by atoms with van der Waals surface area (Å²) in [4.78, 5) is 16.4. The van der Waals surface area contributed by atoms with Gasteiger partial charge in [0.15, 0.2) is 0 Å². The average molecular weight is 462 g/mol. The minimum Gasteiger partial charge on any atom is -0.494 e. The highest BCUT2D eigenvalue weighted by atomic mass is 16.5. The molecule has 1 amide bonds. The number of imidazole rings is 1. The predicted molar refractivity (Wildman–Crippen MR) is 140 cm³/mol. The zero-order chi connectivity index (χ0) is 24.2. The van der Waals surface area contributed by atoms with E-state index >= 15 is 0 Å². The summed E-state index contributed by atoms with van der Waals surface area (Å²) < 4.78 is 8.33. The van der Waals surface area contributed by atoms with Crippen molar-refractivity contribution in [1.82, 2.24) is 14.9 Å². The Balaban J connectivity index is 1.45. The highest BCUT2D eigenvalue weighted by Crippen LogP contribution is 2.20.